The van der Waals surface area contributed by atoms with Gasteiger partial charge in [0.25, 0.3) is 0 Å². The molecule has 0 spiro atoms. The number of hydrogen-bond acceptors (Lipinski definition) is 3. The van der Waals surface area contributed by atoms with Crippen molar-refractivity contribution in [2.24, 2.45) is 5.92 Å². The molecule has 1 saturated heterocycles. The number of thioether (sulfide) groups is 1. The van der Waals surface area contributed by atoms with Crippen LogP contribution in [-0.4, -0.2) is 25.2 Å². The molecule has 1 fully saturated rings. The Hall–Kier alpha value is -0.740. The third-order valence-electron chi connectivity index (χ3n) is 3.94. The minimum Gasteiger partial charge on any atom is -0.497 e. The number of benzene rings is 1. The van der Waals surface area contributed by atoms with Crippen molar-refractivity contribution < 1.29 is 9.13 Å². The van der Waals surface area contributed by atoms with Crippen LogP contribution in [-0.2, 0) is 0 Å². The SMILES string of the molecule is CCNC(CC1CCSCC1)c1ccc(OC)cc1F. The van der Waals surface area contributed by atoms with Gasteiger partial charge in [-0.05, 0) is 49.3 Å². The Morgan fingerprint density at radius 2 is 2.15 bits per heavy atom. The lowest BCUT2D eigenvalue weighted by Crippen LogP contribution is -2.25. The molecular weight excluding hydrogens is 273 g/mol. The van der Waals surface area contributed by atoms with Gasteiger partial charge in [0, 0.05) is 17.7 Å². The molecule has 20 heavy (non-hydrogen) atoms. The standard InChI is InChI=1S/C16H24FNOS/c1-3-18-16(10-12-6-8-20-9-7-12)14-5-4-13(19-2)11-15(14)17/h4-5,11-12,16,18H,3,6-10H2,1-2H3. The van der Waals surface area contributed by atoms with Crippen LogP contribution in [0.2, 0.25) is 0 Å². The van der Waals surface area contributed by atoms with Gasteiger partial charge in [0.15, 0.2) is 0 Å². The van der Waals surface area contributed by atoms with Crippen molar-refractivity contribution >= 4 is 11.8 Å². The molecule has 0 aliphatic carbocycles. The molecule has 0 saturated carbocycles. The molecule has 2 rings (SSSR count). The highest BCUT2D eigenvalue weighted by molar-refractivity contribution is 7.99. The molecule has 0 bridgehead atoms. The second kappa shape index (κ2) is 7.89. The highest BCUT2D eigenvalue weighted by atomic mass is 32.2. The number of halogens is 1. The molecule has 1 aliphatic rings. The van der Waals surface area contributed by atoms with Gasteiger partial charge in [-0.25, -0.2) is 4.39 Å². The van der Waals surface area contributed by atoms with Crippen LogP contribution in [0.1, 0.15) is 37.8 Å². The first kappa shape index (κ1) is 15.6. The molecule has 1 aromatic rings. The Bertz CT molecular complexity index is 421. The van der Waals surface area contributed by atoms with E-state index in [1.54, 1.807) is 7.11 Å². The Balaban J connectivity index is 2.10. The van der Waals surface area contributed by atoms with E-state index in [-0.39, 0.29) is 11.9 Å². The van der Waals surface area contributed by atoms with E-state index in [4.69, 9.17) is 4.74 Å². The fourth-order valence-corrected chi connectivity index (χ4v) is 4.00. The van der Waals surface area contributed by atoms with Gasteiger partial charge in [0.2, 0.25) is 0 Å². The van der Waals surface area contributed by atoms with Crippen molar-refractivity contribution in [1.29, 1.82) is 0 Å². The van der Waals surface area contributed by atoms with Gasteiger partial charge < -0.3 is 10.1 Å². The van der Waals surface area contributed by atoms with E-state index in [0.717, 1.165) is 18.5 Å². The third-order valence-corrected chi connectivity index (χ3v) is 4.99. The summed E-state index contributed by atoms with van der Waals surface area (Å²) in [6, 6.07) is 5.30. The summed E-state index contributed by atoms with van der Waals surface area (Å²) in [7, 11) is 1.57. The van der Waals surface area contributed by atoms with Gasteiger partial charge in [-0.3, -0.25) is 0 Å². The summed E-state index contributed by atoms with van der Waals surface area (Å²) in [5.74, 6) is 3.61. The zero-order valence-electron chi connectivity index (χ0n) is 12.3. The minimum atomic E-state index is -0.166. The quantitative estimate of drug-likeness (QED) is 0.857. The van der Waals surface area contributed by atoms with E-state index < -0.39 is 0 Å². The largest absolute Gasteiger partial charge is 0.497 e. The summed E-state index contributed by atoms with van der Waals surface area (Å²) >= 11 is 2.03. The van der Waals surface area contributed by atoms with Crippen molar-refractivity contribution in [3.63, 3.8) is 0 Å². The Labute approximate surface area is 125 Å². The maximum atomic E-state index is 14.2. The Kier molecular flexibility index (Phi) is 6.17. The predicted molar refractivity (Wildman–Crippen MR) is 84.0 cm³/mol. The predicted octanol–water partition coefficient (Wildman–Crippen LogP) is 4.02. The molecule has 1 heterocycles. The molecule has 1 atom stereocenters. The monoisotopic (exact) mass is 297 g/mol. The fraction of sp³-hybridized carbons (Fsp3) is 0.625. The molecule has 112 valence electrons. The van der Waals surface area contributed by atoms with Crippen molar-refractivity contribution in [2.45, 2.75) is 32.2 Å². The molecule has 1 aliphatic heterocycles. The Morgan fingerprint density at radius 3 is 2.75 bits per heavy atom. The lowest BCUT2D eigenvalue weighted by atomic mass is 9.90. The number of nitrogens with one attached hydrogen (secondary N) is 1. The molecular formula is C16H24FNOS. The van der Waals surface area contributed by atoms with Gasteiger partial charge in [-0.15, -0.1) is 0 Å². The topological polar surface area (TPSA) is 21.3 Å². The van der Waals surface area contributed by atoms with Crippen molar-refractivity contribution in [3.8, 4) is 5.75 Å². The van der Waals surface area contributed by atoms with Crippen LogP contribution in [0.15, 0.2) is 18.2 Å². The zero-order chi connectivity index (χ0) is 14.4. The van der Waals surface area contributed by atoms with Crippen molar-refractivity contribution in [2.75, 3.05) is 25.2 Å². The van der Waals surface area contributed by atoms with Gasteiger partial charge in [0.1, 0.15) is 11.6 Å². The molecule has 1 unspecified atom stereocenters. The van der Waals surface area contributed by atoms with Crippen molar-refractivity contribution in [1.82, 2.24) is 5.32 Å². The maximum Gasteiger partial charge on any atom is 0.131 e. The smallest absolute Gasteiger partial charge is 0.131 e. The molecule has 1 aromatic carbocycles. The summed E-state index contributed by atoms with van der Waals surface area (Å²) in [4.78, 5) is 0. The Morgan fingerprint density at radius 1 is 1.40 bits per heavy atom. The third kappa shape index (κ3) is 4.13. The molecule has 0 aromatic heterocycles. The van der Waals surface area contributed by atoms with Gasteiger partial charge in [0.05, 0.1) is 7.11 Å². The van der Waals surface area contributed by atoms with Crippen LogP contribution in [0.5, 0.6) is 5.75 Å². The van der Waals surface area contributed by atoms with Crippen LogP contribution >= 0.6 is 11.8 Å². The van der Waals surface area contributed by atoms with Gasteiger partial charge >= 0.3 is 0 Å². The van der Waals surface area contributed by atoms with E-state index >= 15 is 0 Å². The molecule has 2 nitrogen and oxygen atoms in total. The van der Waals surface area contributed by atoms with E-state index in [0.29, 0.717) is 11.7 Å². The number of rotatable bonds is 6. The first-order chi connectivity index (χ1) is 9.74. The molecule has 1 N–H and O–H groups in total. The molecule has 4 heteroatoms. The van der Waals surface area contributed by atoms with Crippen LogP contribution in [0, 0.1) is 11.7 Å². The lowest BCUT2D eigenvalue weighted by molar-refractivity contribution is 0.365. The molecule has 0 amide bonds. The van der Waals surface area contributed by atoms with E-state index in [1.165, 1.54) is 30.4 Å². The number of hydrogen-bond donors (Lipinski definition) is 1. The highest BCUT2D eigenvalue weighted by Crippen LogP contribution is 2.32. The van der Waals surface area contributed by atoms with Gasteiger partial charge in [-0.1, -0.05) is 13.0 Å². The lowest BCUT2D eigenvalue weighted by Gasteiger charge is -2.27. The molecule has 0 radical (unpaired) electrons. The summed E-state index contributed by atoms with van der Waals surface area (Å²) in [6.07, 6.45) is 3.53. The maximum absolute atomic E-state index is 14.2. The van der Waals surface area contributed by atoms with Crippen LogP contribution in [0.3, 0.4) is 0 Å². The zero-order valence-corrected chi connectivity index (χ0v) is 13.1. The second-order valence-corrected chi connectivity index (χ2v) is 6.51. The summed E-state index contributed by atoms with van der Waals surface area (Å²) in [5, 5.41) is 3.44. The van der Waals surface area contributed by atoms with Gasteiger partial charge in [-0.2, -0.15) is 11.8 Å². The number of ether oxygens (including phenoxy) is 1. The highest BCUT2D eigenvalue weighted by Gasteiger charge is 2.22. The van der Waals surface area contributed by atoms with Crippen LogP contribution < -0.4 is 10.1 Å². The normalized spacial score (nSPS) is 17.9. The first-order valence-electron chi connectivity index (χ1n) is 7.39. The fourth-order valence-electron chi connectivity index (χ4n) is 2.80. The summed E-state index contributed by atoms with van der Waals surface area (Å²) in [5.41, 5.74) is 0.769. The van der Waals surface area contributed by atoms with E-state index in [1.807, 2.05) is 23.9 Å². The van der Waals surface area contributed by atoms with E-state index in [2.05, 4.69) is 12.2 Å². The van der Waals surface area contributed by atoms with Crippen molar-refractivity contribution in [3.05, 3.63) is 29.6 Å². The number of methoxy groups -OCH3 is 1. The van der Waals surface area contributed by atoms with Crippen LogP contribution in [0.4, 0.5) is 4.39 Å². The summed E-state index contributed by atoms with van der Waals surface area (Å²) in [6.45, 7) is 2.93. The summed E-state index contributed by atoms with van der Waals surface area (Å²) < 4.78 is 19.3. The average molecular weight is 297 g/mol. The van der Waals surface area contributed by atoms with Crippen LogP contribution in [0.25, 0.3) is 0 Å². The second-order valence-electron chi connectivity index (χ2n) is 5.29. The minimum absolute atomic E-state index is 0.110. The first-order valence-corrected chi connectivity index (χ1v) is 8.54. The van der Waals surface area contributed by atoms with E-state index in [9.17, 15) is 4.39 Å². The average Bonchev–Trinajstić information content (AvgIpc) is 2.48.